The fourth-order valence-electron chi connectivity index (χ4n) is 1.61. The lowest BCUT2D eigenvalue weighted by Crippen LogP contribution is -2.48. The molecule has 0 aliphatic rings. The Morgan fingerprint density at radius 2 is 1.95 bits per heavy atom. The summed E-state index contributed by atoms with van der Waals surface area (Å²) in [7, 11) is 0. The van der Waals surface area contributed by atoms with Crippen molar-refractivity contribution in [3.05, 3.63) is 48.0 Å². The normalized spacial score (nSPS) is 10.9. The Labute approximate surface area is 128 Å². The molecule has 0 radical (unpaired) electrons. The van der Waals surface area contributed by atoms with Crippen LogP contribution in [0.4, 0.5) is 4.39 Å². The maximum atomic E-state index is 12.9. The molecule has 7 heteroatoms. The molecule has 0 atom stereocenters. The number of nitrogens with zero attached hydrogens (tertiary/aromatic N) is 2. The Bertz CT molecular complexity index is 610. The lowest BCUT2D eigenvalue weighted by atomic mass is 10.1. The molecule has 1 amide bonds. The Morgan fingerprint density at radius 3 is 2.52 bits per heavy atom. The Hall–Kier alpha value is -1.92. The molecule has 2 aromatic rings. The van der Waals surface area contributed by atoms with Crippen molar-refractivity contribution in [2.75, 3.05) is 6.54 Å². The molecule has 0 aliphatic heterocycles. The third-order valence-electron chi connectivity index (χ3n) is 2.88. The Balaban J connectivity index is 0.00000220. The number of nitrogens with two attached hydrogens (primary N) is 1. The van der Waals surface area contributed by atoms with Crippen molar-refractivity contribution >= 4 is 18.3 Å². The van der Waals surface area contributed by atoms with Gasteiger partial charge in [0.1, 0.15) is 5.82 Å². The van der Waals surface area contributed by atoms with E-state index in [0.717, 1.165) is 0 Å². The first-order valence-corrected chi connectivity index (χ1v) is 6.25. The fraction of sp³-hybridized carbons (Fsp3) is 0.286. The fourth-order valence-corrected chi connectivity index (χ4v) is 1.61. The van der Waals surface area contributed by atoms with Crippen LogP contribution in [0.3, 0.4) is 0 Å². The number of carbonyl (C=O) groups is 1. The average Bonchev–Trinajstić information content (AvgIpc) is 2.89. The topological polar surface area (TPSA) is 72.9 Å². The Morgan fingerprint density at radius 1 is 1.33 bits per heavy atom. The molecule has 2 rings (SSSR count). The van der Waals surface area contributed by atoms with E-state index in [1.807, 2.05) is 13.8 Å². The molecule has 1 heterocycles. The molecule has 0 fully saturated rings. The van der Waals surface area contributed by atoms with E-state index in [2.05, 4.69) is 10.4 Å². The van der Waals surface area contributed by atoms with E-state index in [1.165, 1.54) is 16.8 Å². The van der Waals surface area contributed by atoms with Crippen molar-refractivity contribution in [2.24, 2.45) is 5.73 Å². The van der Waals surface area contributed by atoms with Crippen molar-refractivity contribution < 1.29 is 9.18 Å². The van der Waals surface area contributed by atoms with Gasteiger partial charge >= 0.3 is 0 Å². The second-order valence-electron chi connectivity index (χ2n) is 5.16. The molecule has 0 bridgehead atoms. The van der Waals surface area contributed by atoms with Gasteiger partial charge in [-0.15, -0.1) is 12.4 Å². The molecular formula is C14H18ClFN4O. The molecule has 21 heavy (non-hydrogen) atoms. The third-order valence-corrected chi connectivity index (χ3v) is 2.88. The first-order valence-electron chi connectivity index (χ1n) is 6.25. The average molecular weight is 313 g/mol. The van der Waals surface area contributed by atoms with E-state index in [4.69, 9.17) is 5.73 Å². The minimum Gasteiger partial charge on any atom is -0.344 e. The number of aromatic nitrogens is 2. The SMILES string of the molecule is CC(C)(CN)NC(=O)c1ccn(-c2ccc(F)cc2)n1.Cl. The minimum absolute atomic E-state index is 0. The molecule has 0 spiro atoms. The van der Waals surface area contributed by atoms with Crippen molar-refractivity contribution in [1.82, 2.24) is 15.1 Å². The van der Waals surface area contributed by atoms with Gasteiger partial charge in [-0.1, -0.05) is 0 Å². The van der Waals surface area contributed by atoms with Gasteiger partial charge in [0, 0.05) is 18.3 Å². The van der Waals surface area contributed by atoms with Crippen LogP contribution in [-0.4, -0.2) is 27.8 Å². The highest BCUT2D eigenvalue weighted by molar-refractivity contribution is 5.92. The molecule has 114 valence electrons. The predicted molar refractivity (Wildman–Crippen MR) is 81.4 cm³/mol. The third kappa shape index (κ3) is 4.27. The van der Waals surface area contributed by atoms with Gasteiger partial charge in [0.15, 0.2) is 5.69 Å². The number of amides is 1. The summed E-state index contributed by atoms with van der Waals surface area (Å²) in [6.07, 6.45) is 1.65. The van der Waals surface area contributed by atoms with Crippen LogP contribution >= 0.6 is 12.4 Å². The van der Waals surface area contributed by atoms with E-state index in [0.29, 0.717) is 12.2 Å². The zero-order valence-corrected chi connectivity index (χ0v) is 12.7. The van der Waals surface area contributed by atoms with Gasteiger partial charge in [0.25, 0.3) is 5.91 Å². The van der Waals surface area contributed by atoms with E-state index < -0.39 is 5.54 Å². The second kappa shape index (κ2) is 6.69. The van der Waals surface area contributed by atoms with Crippen LogP contribution < -0.4 is 11.1 Å². The highest BCUT2D eigenvalue weighted by atomic mass is 35.5. The van der Waals surface area contributed by atoms with Gasteiger partial charge in [-0.05, 0) is 44.2 Å². The molecule has 1 aromatic carbocycles. The largest absolute Gasteiger partial charge is 0.344 e. The van der Waals surface area contributed by atoms with Gasteiger partial charge in [0.2, 0.25) is 0 Å². The van der Waals surface area contributed by atoms with Crippen LogP contribution in [-0.2, 0) is 0 Å². The molecular weight excluding hydrogens is 295 g/mol. The van der Waals surface area contributed by atoms with E-state index in [9.17, 15) is 9.18 Å². The number of benzene rings is 1. The standard InChI is InChI=1S/C14H17FN4O.ClH/c1-14(2,9-16)17-13(20)12-7-8-19(18-12)11-5-3-10(15)4-6-11;/h3-8H,9,16H2,1-2H3,(H,17,20);1H. The molecule has 3 N–H and O–H groups in total. The number of halogens is 2. The quantitative estimate of drug-likeness (QED) is 0.905. The van der Waals surface area contributed by atoms with Crippen LogP contribution in [0.1, 0.15) is 24.3 Å². The number of carbonyl (C=O) groups excluding carboxylic acids is 1. The number of hydrogen-bond donors (Lipinski definition) is 2. The molecule has 0 unspecified atom stereocenters. The summed E-state index contributed by atoms with van der Waals surface area (Å²) < 4.78 is 14.4. The van der Waals surface area contributed by atoms with Crippen molar-refractivity contribution in [3.63, 3.8) is 0 Å². The molecule has 0 aliphatic carbocycles. The predicted octanol–water partition coefficient (Wildman–Crippen LogP) is 1.90. The Kier molecular flexibility index (Phi) is 5.46. The summed E-state index contributed by atoms with van der Waals surface area (Å²) in [5.74, 6) is -0.607. The summed E-state index contributed by atoms with van der Waals surface area (Å²) in [6, 6.07) is 7.47. The monoisotopic (exact) mass is 312 g/mol. The first-order chi connectivity index (χ1) is 9.41. The number of nitrogens with one attached hydrogen (secondary N) is 1. The summed E-state index contributed by atoms with van der Waals surface area (Å²) >= 11 is 0. The van der Waals surface area contributed by atoms with Crippen LogP contribution in [0.25, 0.3) is 5.69 Å². The minimum atomic E-state index is -0.489. The summed E-state index contributed by atoms with van der Waals surface area (Å²) in [5.41, 5.74) is 6.05. The van der Waals surface area contributed by atoms with Gasteiger partial charge in [-0.3, -0.25) is 4.79 Å². The highest BCUT2D eigenvalue weighted by Crippen LogP contribution is 2.09. The van der Waals surface area contributed by atoms with Crippen LogP contribution in [0, 0.1) is 5.82 Å². The zero-order chi connectivity index (χ0) is 14.8. The number of hydrogen-bond acceptors (Lipinski definition) is 3. The molecule has 5 nitrogen and oxygen atoms in total. The summed E-state index contributed by atoms with van der Waals surface area (Å²) in [5, 5.41) is 6.97. The molecule has 0 saturated heterocycles. The smallest absolute Gasteiger partial charge is 0.272 e. The van der Waals surface area contributed by atoms with Gasteiger partial charge in [0.05, 0.1) is 5.69 Å². The lowest BCUT2D eigenvalue weighted by Gasteiger charge is -2.23. The van der Waals surface area contributed by atoms with E-state index >= 15 is 0 Å². The summed E-state index contributed by atoms with van der Waals surface area (Å²) in [6.45, 7) is 4.00. The van der Waals surface area contributed by atoms with Crippen molar-refractivity contribution in [2.45, 2.75) is 19.4 Å². The molecule has 0 saturated carbocycles. The van der Waals surface area contributed by atoms with Gasteiger partial charge < -0.3 is 11.1 Å². The first kappa shape index (κ1) is 17.1. The van der Waals surface area contributed by atoms with E-state index in [1.54, 1.807) is 24.4 Å². The van der Waals surface area contributed by atoms with Gasteiger partial charge in [-0.2, -0.15) is 5.10 Å². The van der Waals surface area contributed by atoms with Crippen molar-refractivity contribution in [3.8, 4) is 5.69 Å². The van der Waals surface area contributed by atoms with Crippen molar-refractivity contribution in [1.29, 1.82) is 0 Å². The summed E-state index contributed by atoms with van der Waals surface area (Å²) in [4.78, 5) is 12.0. The lowest BCUT2D eigenvalue weighted by molar-refractivity contribution is 0.0910. The van der Waals surface area contributed by atoms with E-state index in [-0.39, 0.29) is 29.8 Å². The maximum absolute atomic E-state index is 12.9. The second-order valence-corrected chi connectivity index (χ2v) is 5.16. The van der Waals surface area contributed by atoms with Gasteiger partial charge in [-0.25, -0.2) is 9.07 Å². The van der Waals surface area contributed by atoms with Crippen LogP contribution in [0.2, 0.25) is 0 Å². The zero-order valence-electron chi connectivity index (χ0n) is 11.8. The molecule has 1 aromatic heterocycles. The van der Waals surface area contributed by atoms with Crippen LogP contribution in [0.5, 0.6) is 0 Å². The number of rotatable bonds is 4. The van der Waals surface area contributed by atoms with Crippen LogP contribution in [0.15, 0.2) is 36.5 Å². The maximum Gasteiger partial charge on any atom is 0.272 e. The highest BCUT2D eigenvalue weighted by Gasteiger charge is 2.20.